The smallest absolute Gasteiger partial charge is 0.276 e. The molecule has 1 aliphatic heterocycles. The fourth-order valence-electron chi connectivity index (χ4n) is 4.66. The van der Waals surface area contributed by atoms with E-state index in [1.165, 1.54) is 29.9 Å². The first-order chi connectivity index (χ1) is 17.5. The summed E-state index contributed by atoms with van der Waals surface area (Å²) in [7, 11) is 4.29. The van der Waals surface area contributed by atoms with Gasteiger partial charge in [-0.15, -0.1) is 11.3 Å². The lowest BCUT2D eigenvalue weighted by molar-refractivity contribution is 0.102. The second kappa shape index (κ2) is 10.8. The van der Waals surface area contributed by atoms with Crippen molar-refractivity contribution in [1.82, 2.24) is 19.9 Å². The standard InChI is InChI=1S/C27H29ClN6OS/c1-33(2)17-18-11-14-34(15-12-18)22-9-5-20(6-10-22)25-30-23(19-3-7-21(28)8-4-19)24(31-25)26(35)32-27-29-13-16-36-27/h3-10,13,16,18H,11-12,14-15,17H2,1-2H3,(H,30,31)(H,29,32,35). The number of anilines is 2. The van der Waals surface area contributed by atoms with Gasteiger partial charge in [-0.1, -0.05) is 23.7 Å². The zero-order valence-electron chi connectivity index (χ0n) is 20.4. The lowest BCUT2D eigenvalue weighted by Gasteiger charge is -2.34. The SMILES string of the molecule is CN(C)CC1CCN(c2ccc(-c3nc(-c4ccc(Cl)cc4)c(C(=O)Nc4nccs4)[nH]3)cc2)CC1. The van der Waals surface area contributed by atoms with E-state index in [1.54, 1.807) is 18.3 Å². The number of benzene rings is 2. The number of thiazole rings is 1. The van der Waals surface area contributed by atoms with Gasteiger partial charge >= 0.3 is 0 Å². The maximum atomic E-state index is 13.1. The molecule has 2 aromatic heterocycles. The van der Waals surface area contributed by atoms with Crippen molar-refractivity contribution < 1.29 is 4.79 Å². The molecule has 0 bridgehead atoms. The number of halogens is 1. The monoisotopic (exact) mass is 520 g/mol. The number of hydrogen-bond acceptors (Lipinski definition) is 6. The van der Waals surface area contributed by atoms with E-state index in [0.717, 1.165) is 36.7 Å². The predicted molar refractivity (Wildman–Crippen MR) is 148 cm³/mol. The van der Waals surface area contributed by atoms with E-state index in [0.29, 0.717) is 27.4 Å². The molecule has 186 valence electrons. The predicted octanol–water partition coefficient (Wildman–Crippen LogP) is 5.88. The highest BCUT2D eigenvalue weighted by Crippen LogP contribution is 2.30. The van der Waals surface area contributed by atoms with Crippen molar-refractivity contribution in [2.45, 2.75) is 12.8 Å². The van der Waals surface area contributed by atoms with Crippen molar-refractivity contribution in [2.24, 2.45) is 5.92 Å². The molecule has 0 aliphatic carbocycles. The molecule has 0 saturated carbocycles. The molecule has 2 aromatic carbocycles. The first-order valence-electron chi connectivity index (χ1n) is 12.0. The molecule has 0 unspecified atom stereocenters. The summed E-state index contributed by atoms with van der Waals surface area (Å²) in [4.78, 5) is 30.1. The van der Waals surface area contributed by atoms with Gasteiger partial charge in [-0.05, 0) is 69.3 Å². The van der Waals surface area contributed by atoms with Gasteiger partial charge in [0, 0.05) is 53.0 Å². The molecule has 1 fully saturated rings. The summed E-state index contributed by atoms with van der Waals surface area (Å²) >= 11 is 7.45. The molecule has 1 saturated heterocycles. The fourth-order valence-corrected chi connectivity index (χ4v) is 5.31. The van der Waals surface area contributed by atoms with Crippen LogP contribution in [0.5, 0.6) is 0 Å². The largest absolute Gasteiger partial charge is 0.372 e. The Hall–Kier alpha value is -3.20. The zero-order chi connectivity index (χ0) is 25.1. The molecule has 9 heteroatoms. The van der Waals surface area contributed by atoms with Crippen LogP contribution in [-0.2, 0) is 0 Å². The Morgan fingerprint density at radius 1 is 1.11 bits per heavy atom. The van der Waals surface area contributed by atoms with Crippen LogP contribution in [0.1, 0.15) is 23.3 Å². The minimum absolute atomic E-state index is 0.286. The van der Waals surface area contributed by atoms with E-state index < -0.39 is 0 Å². The van der Waals surface area contributed by atoms with Crippen molar-refractivity contribution in [2.75, 3.05) is 43.9 Å². The number of aromatic amines is 1. The summed E-state index contributed by atoms with van der Waals surface area (Å²) in [5, 5.41) is 5.84. The molecule has 4 aromatic rings. The van der Waals surface area contributed by atoms with E-state index >= 15 is 0 Å². The van der Waals surface area contributed by atoms with Gasteiger partial charge in [-0.3, -0.25) is 10.1 Å². The van der Waals surface area contributed by atoms with Crippen LogP contribution in [0.25, 0.3) is 22.6 Å². The molecular weight excluding hydrogens is 492 g/mol. The van der Waals surface area contributed by atoms with E-state index in [4.69, 9.17) is 16.6 Å². The maximum absolute atomic E-state index is 13.1. The number of H-pyrrole nitrogens is 1. The number of rotatable bonds is 7. The van der Waals surface area contributed by atoms with Crippen LogP contribution in [0.2, 0.25) is 5.02 Å². The summed E-state index contributed by atoms with van der Waals surface area (Å²) in [6, 6.07) is 15.7. The average Bonchev–Trinajstić information content (AvgIpc) is 3.55. The number of nitrogens with zero attached hydrogens (tertiary/aromatic N) is 4. The first-order valence-corrected chi connectivity index (χ1v) is 13.3. The Balaban J connectivity index is 1.38. The summed E-state index contributed by atoms with van der Waals surface area (Å²) in [5.74, 6) is 1.12. The Labute approximate surface area is 220 Å². The number of imidazole rings is 1. The number of nitrogens with one attached hydrogen (secondary N) is 2. The topological polar surface area (TPSA) is 77.2 Å². The molecule has 1 amide bonds. The second-order valence-corrected chi connectivity index (χ2v) is 10.7. The molecule has 3 heterocycles. The van der Waals surface area contributed by atoms with Crippen LogP contribution in [0.3, 0.4) is 0 Å². The van der Waals surface area contributed by atoms with Crippen molar-refractivity contribution >= 4 is 39.7 Å². The molecule has 0 atom stereocenters. The van der Waals surface area contributed by atoms with Gasteiger partial charge < -0.3 is 14.8 Å². The van der Waals surface area contributed by atoms with Crippen LogP contribution in [-0.4, -0.2) is 59.5 Å². The van der Waals surface area contributed by atoms with E-state index in [2.05, 4.69) is 63.4 Å². The number of carbonyl (C=O) groups excluding carboxylic acids is 1. The van der Waals surface area contributed by atoms with E-state index in [9.17, 15) is 4.79 Å². The lowest BCUT2D eigenvalue weighted by atomic mass is 9.96. The van der Waals surface area contributed by atoms with Gasteiger partial charge in [0.15, 0.2) is 5.13 Å². The van der Waals surface area contributed by atoms with Gasteiger partial charge in [0.25, 0.3) is 5.91 Å². The first kappa shape index (κ1) is 24.5. The summed E-state index contributed by atoms with van der Waals surface area (Å²) in [6.45, 7) is 3.29. The van der Waals surface area contributed by atoms with Crippen molar-refractivity contribution in [3.05, 3.63) is 70.8 Å². The average molecular weight is 521 g/mol. The summed E-state index contributed by atoms with van der Waals surface area (Å²) in [6.07, 6.45) is 4.07. The number of carbonyl (C=O) groups is 1. The van der Waals surface area contributed by atoms with Gasteiger partial charge in [-0.2, -0.15) is 0 Å². The summed E-state index contributed by atoms with van der Waals surface area (Å²) < 4.78 is 0. The number of amides is 1. The highest BCUT2D eigenvalue weighted by molar-refractivity contribution is 7.13. The van der Waals surface area contributed by atoms with Gasteiger partial charge in [0.2, 0.25) is 0 Å². The molecular formula is C27H29ClN6OS. The lowest BCUT2D eigenvalue weighted by Crippen LogP contribution is -2.37. The third-order valence-electron chi connectivity index (χ3n) is 6.45. The Morgan fingerprint density at radius 2 is 1.81 bits per heavy atom. The molecule has 0 spiro atoms. The van der Waals surface area contributed by atoms with Gasteiger partial charge in [0.1, 0.15) is 17.2 Å². The number of aromatic nitrogens is 3. The Kier molecular flexibility index (Phi) is 7.36. The fraction of sp³-hybridized carbons (Fsp3) is 0.296. The minimum Gasteiger partial charge on any atom is -0.372 e. The molecule has 36 heavy (non-hydrogen) atoms. The molecule has 5 rings (SSSR count). The second-order valence-electron chi connectivity index (χ2n) is 9.35. The van der Waals surface area contributed by atoms with Crippen molar-refractivity contribution in [3.63, 3.8) is 0 Å². The Morgan fingerprint density at radius 3 is 2.44 bits per heavy atom. The molecule has 0 radical (unpaired) electrons. The highest BCUT2D eigenvalue weighted by Gasteiger charge is 2.22. The van der Waals surface area contributed by atoms with E-state index in [1.807, 2.05) is 17.5 Å². The van der Waals surface area contributed by atoms with Crippen molar-refractivity contribution in [1.29, 1.82) is 0 Å². The van der Waals surface area contributed by atoms with Crippen molar-refractivity contribution in [3.8, 4) is 22.6 Å². The Bertz CT molecular complexity index is 1290. The summed E-state index contributed by atoms with van der Waals surface area (Å²) in [5.41, 5.74) is 3.90. The van der Waals surface area contributed by atoms with Gasteiger partial charge in [-0.25, -0.2) is 9.97 Å². The maximum Gasteiger partial charge on any atom is 0.276 e. The zero-order valence-corrected chi connectivity index (χ0v) is 21.9. The van der Waals surface area contributed by atoms with Crippen LogP contribution >= 0.6 is 22.9 Å². The molecule has 1 aliphatic rings. The number of piperidine rings is 1. The molecule has 2 N–H and O–H groups in total. The van der Waals surface area contributed by atoms with Crippen LogP contribution in [0, 0.1) is 5.92 Å². The number of hydrogen-bond donors (Lipinski definition) is 2. The van der Waals surface area contributed by atoms with E-state index in [-0.39, 0.29) is 5.91 Å². The van der Waals surface area contributed by atoms with Crippen LogP contribution in [0.4, 0.5) is 10.8 Å². The minimum atomic E-state index is -0.286. The van der Waals surface area contributed by atoms with Crippen LogP contribution in [0.15, 0.2) is 60.1 Å². The highest BCUT2D eigenvalue weighted by atomic mass is 35.5. The third-order valence-corrected chi connectivity index (χ3v) is 7.39. The normalized spacial score (nSPS) is 14.4. The quantitative estimate of drug-likeness (QED) is 0.318. The third kappa shape index (κ3) is 5.61. The van der Waals surface area contributed by atoms with Gasteiger partial charge in [0.05, 0.1) is 0 Å². The molecule has 7 nitrogen and oxygen atoms in total. The van der Waals surface area contributed by atoms with Crippen LogP contribution < -0.4 is 10.2 Å².